The summed E-state index contributed by atoms with van der Waals surface area (Å²) in [5, 5.41) is 19.6. The number of ether oxygens (including phenoxy) is 2. The first-order valence-electron chi connectivity index (χ1n) is 12.8. The summed E-state index contributed by atoms with van der Waals surface area (Å²) < 4.78 is 119. The predicted molar refractivity (Wildman–Crippen MR) is 139 cm³/mol. The summed E-state index contributed by atoms with van der Waals surface area (Å²) in [5.74, 6) is -2.73. The molecule has 2 N–H and O–H groups in total. The molecule has 1 saturated carbocycles. The number of aliphatic carboxylic acids is 1. The normalized spacial score (nSPS) is 22.0. The van der Waals surface area contributed by atoms with Crippen LogP contribution in [-0.2, 0) is 21.0 Å². The first-order chi connectivity index (χ1) is 20.1. The fourth-order valence-corrected chi connectivity index (χ4v) is 6.94. The van der Waals surface area contributed by atoms with Gasteiger partial charge in [0.1, 0.15) is 23.4 Å². The van der Waals surface area contributed by atoms with Gasteiger partial charge in [-0.1, -0.05) is 12.1 Å². The van der Waals surface area contributed by atoms with Crippen molar-refractivity contribution in [2.24, 2.45) is 5.41 Å². The molecule has 0 saturated heterocycles. The molecule has 2 aliphatic rings. The number of aliphatic hydroxyl groups excluding tert-OH is 1. The van der Waals surface area contributed by atoms with Gasteiger partial charge < -0.3 is 19.7 Å². The lowest BCUT2D eigenvalue weighted by atomic mass is 9.63. The average molecular weight is 632 g/mol. The van der Waals surface area contributed by atoms with E-state index >= 15 is 0 Å². The highest BCUT2D eigenvalue weighted by molar-refractivity contribution is 7.92. The zero-order valence-electron chi connectivity index (χ0n) is 21.9. The maximum absolute atomic E-state index is 14.3. The SMILES string of the molecule is O=C(O)C1(C[C@H]2CN(S(=O)(=O)c3cccc(C(F)(F)F)c3)c3cc(-c4cc(F)cc(OC(F)F)c4)ccc3O2)CC(O)C1. The van der Waals surface area contributed by atoms with Crippen LogP contribution in [-0.4, -0.2) is 50.0 Å². The van der Waals surface area contributed by atoms with Crippen LogP contribution in [0.15, 0.2) is 65.6 Å². The number of benzene rings is 3. The van der Waals surface area contributed by atoms with Gasteiger partial charge in [-0.3, -0.25) is 9.10 Å². The second-order valence-corrected chi connectivity index (χ2v) is 12.3. The number of hydrogen-bond donors (Lipinski definition) is 2. The summed E-state index contributed by atoms with van der Waals surface area (Å²) in [5.41, 5.74) is -2.63. The number of sulfonamides is 1. The Morgan fingerprint density at radius 1 is 1.07 bits per heavy atom. The Labute approximate surface area is 241 Å². The van der Waals surface area contributed by atoms with Gasteiger partial charge in [-0.05, 0) is 66.4 Å². The summed E-state index contributed by atoms with van der Waals surface area (Å²) >= 11 is 0. The van der Waals surface area contributed by atoms with E-state index < -0.39 is 75.0 Å². The van der Waals surface area contributed by atoms with Crippen LogP contribution in [0.25, 0.3) is 11.1 Å². The molecule has 3 aromatic carbocycles. The zero-order valence-corrected chi connectivity index (χ0v) is 22.7. The van der Waals surface area contributed by atoms with Crippen LogP contribution in [0.5, 0.6) is 11.5 Å². The fraction of sp³-hybridized carbons (Fsp3) is 0.321. The lowest BCUT2D eigenvalue weighted by Gasteiger charge is -2.45. The highest BCUT2D eigenvalue weighted by Gasteiger charge is 2.52. The summed E-state index contributed by atoms with van der Waals surface area (Å²) in [7, 11) is -4.74. The van der Waals surface area contributed by atoms with Gasteiger partial charge >= 0.3 is 18.8 Å². The van der Waals surface area contributed by atoms with Crippen LogP contribution in [0.2, 0.25) is 0 Å². The molecular formula is C28H23F6NO7S. The van der Waals surface area contributed by atoms with Crippen LogP contribution in [0, 0.1) is 11.2 Å². The summed E-state index contributed by atoms with van der Waals surface area (Å²) in [6.07, 6.45) is -7.22. The van der Waals surface area contributed by atoms with Crippen molar-refractivity contribution in [3.8, 4) is 22.6 Å². The number of carbonyl (C=O) groups is 1. The van der Waals surface area contributed by atoms with Gasteiger partial charge in [0, 0.05) is 12.5 Å². The van der Waals surface area contributed by atoms with Crippen molar-refractivity contribution < 1.29 is 59.2 Å². The lowest BCUT2D eigenvalue weighted by molar-refractivity contribution is -0.166. The van der Waals surface area contributed by atoms with Gasteiger partial charge in [0.2, 0.25) is 0 Å². The Kier molecular flexibility index (Phi) is 7.75. The van der Waals surface area contributed by atoms with Crippen molar-refractivity contribution in [2.45, 2.75) is 49.2 Å². The van der Waals surface area contributed by atoms with E-state index in [1.54, 1.807) is 0 Å². The first kappa shape index (κ1) is 30.5. The third-order valence-corrected chi connectivity index (χ3v) is 9.17. The Bertz CT molecular complexity index is 1660. The molecule has 1 aliphatic heterocycles. The van der Waals surface area contributed by atoms with Gasteiger partial charge in [0.05, 0.1) is 34.2 Å². The standard InChI is InChI=1S/C28H23F6NO7S/c29-18-6-16(7-20(10-18)42-26(30)31)15-4-5-24-23(8-15)35(14-21(41-24)13-27(25(37)38)11-19(36)12-27)43(39,40)22-3-1-2-17(9-22)28(32,33)34/h1-10,19,21,26,36H,11-14H2,(H,37,38)/t19?,21-,27?/m0/s1. The number of aliphatic hydroxyl groups is 1. The third-order valence-electron chi connectivity index (χ3n) is 7.39. The highest BCUT2D eigenvalue weighted by Crippen LogP contribution is 2.48. The topological polar surface area (TPSA) is 113 Å². The smallest absolute Gasteiger partial charge is 0.416 e. The van der Waals surface area contributed by atoms with Crippen molar-refractivity contribution in [1.29, 1.82) is 0 Å². The number of rotatable bonds is 8. The van der Waals surface area contributed by atoms with E-state index in [0.717, 1.165) is 34.6 Å². The van der Waals surface area contributed by atoms with E-state index in [1.165, 1.54) is 18.2 Å². The minimum atomic E-state index is -4.85. The van der Waals surface area contributed by atoms with Crippen molar-refractivity contribution in [2.75, 3.05) is 10.8 Å². The van der Waals surface area contributed by atoms with Crippen LogP contribution in [0.4, 0.5) is 32.0 Å². The molecule has 43 heavy (non-hydrogen) atoms. The van der Waals surface area contributed by atoms with Crippen LogP contribution < -0.4 is 13.8 Å². The Hall–Kier alpha value is -3.98. The molecule has 1 atom stereocenters. The molecule has 1 aliphatic carbocycles. The molecule has 5 rings (SSSR count). The van der Waals surface area contributed by atoms with Gasteiger partial charge in [-0.25, -0.2) is 12.8 Å². The molecule has 0 bridgehead atoms. The van der Waals surface area contributed by atoms with E-state index in [2.05, 4.69) is 4.74 Å². The molecule has 0 amide bonds. The van der Waals surface area contributed by atoms with Crippen LogP contribution in [0.3, 0.4) is 0 Å². The van der Waals surface area contributed by atoms with E-state index in [4.69, 9.17) is 4.74 Å². The Morgan fingerprint density at radius 2 is 1.79 bits per heavy atom. The molecule has 0 spiro atoms. The molecule has 3 aromatic rings. The second kappa shape index (κ2) is 10.9. The second-order valence-electron chi connectivity index (χ2n) is 10.4. The van der Waals surface area contributed by atoms with E-state index in [9.17, 15) is 49.8 Å². The van der Waals surface area contributed by atoms with E-state index in [1.807, 2.05) is 0 Å². The first-order valence-corrected chi connectivity index (χ1v) is 14.2. The predicted octanol–water partition coefficient (Wildman–Crippen LogP) is 5.69. The number of carboxylic acid groups (broad SMARTS) is 1. The third kappa shape index (κ3) is 6.09. The van der Waals surface area contributed by atoms with Gasteiger partial charge in [0.25, 0.3) is 10.0 Å². The molecular weight excluding hydrogens is 608 g/mol. The van der Waals surface area contributed by atoms with Gasteiger partial charge in [-0.15, -0.1) is 0 Å². The molecule has 1 fully saturated rings. The number of fused-ring (bicyclic) bond motifs is 1. The van der Waals surface area contributed by atoms with Crippen molar-refractivity contribution in [1.82, 2.24) is 0 Å². The minimum absolute atomic E-state index is 0.0188. The molecule has 0 aromatic heterocycles. The number of nitrogens with zero attached hydrogens (tertiary/aromatic N) is 1. The number of halogens is 6. The van der Waals surface area contributed by atoms with Crippen LogP contribution >= 0.6 is 0 Å². The number of hydrogen-bond acceptors (Lipinski definition) is 6. The summed E-state index contributed by atoms with van der Waals surface area (Å²) in [6, 6.07) is 9.77. The van der Waals surface area contributed by atoms with Gasteiger partial charge in [-0.2, -0.15) is 22.0 Å². The van der Waals surface area contributed by atoms with Crippen molar-refractivity contribution >= 4 is 21.7 Å². The van der Waals surface area contributed by atoms with Crippen molar-refractivity contribution in [3.05, 3.63) is 72.0 Å². The van der Waals surface area contributed by atoms with E-state index in [-0.39, 0.29) is 41.8 Å². The Balaban J connectivity index is 1.60. The summed E-state index contributed by atoms with van der Waals surface area (Å²) in [6.45, 7) is -3.76. The lowest BCUT2D eigenvalue weighted by Crippen LogP contribution is -2.52. The van der Waals surface area contributed by atoms with Crippen LogP contribution in [0.1, 0.15) is 24.8 Å². The summed E-state index contributed by atoms with van der Waals surface area (Å²) in [4.78, 5) is 11.3. The molecule has 0 radical (unpaired) electrons. The van der Waals surface area contributed by atoms with Gasteiger partial charge in [0.15, 0.2) is 0 Å². The Morgan fingerprint density at radius 3 is 2.42 bits per heavy atom. The monoisotopic (exact) mass is 631 g/mol. The van der Waals surface area contributed by atoms with Crippen molar-refractivity contribution in [3.63, 3.8) is 0 Å². The largest absolute Gasteiger partial charge is 0.486 e. The maximum Gasteiger partial charge on any atom is 0.416 e. The number of carboxylic acids is 1. The molecule has 0 unspecified atom stereocenters. The quantitative estimate of drug-likeness (QED) is 0.308. The zero-order chi connectivity index (χ0) is 31.3. The average Bonchev–Trinajstić information content (AvgIpc) is 2.90. The molecule has 15 heteroatoms. The number of alkyl halides is 5. The molecule has 1 heterocycles. The maximum atomic E-state index is 14.3. The molecule has 8 nitrogen and oxygen atoms in total. The number of anilines is 1. The highest BCUT2D eigenvalue weighted by atomic mass is 32.2. The fourth-order valence-electron chi connectivity index (χ4n) is 5.39. The molecule has 230 valence electrons. The minimum Gasteiger partial charge on any atom is -0.486 e. The van der Waals surface area contributed by atoms with E-state index in [0.29, 0.717) is 12.1 Å².